The minimum atomic E-state index is -2.56. The summed E-state index contributed by atoms with van der Waals surface area (Å²) < 4.78 is 29.8. The fourth-order valence-corrected chi connectivity index (χ4v) is 1.28. The van der Waals surface area contributed by atoms with Gasteiger partial charge in [0, 0.05) is 11.1 Å². The number of aliphatic hydroxyl groups is 1. The summed E-state index contributed by atoms with van der Waals surface area (Å²) in [6.07, 6.45) is -2.56. The quantitative estimate of drug-likeness (QED) is 0.805. The number of ether oxygens (including phenoxy) is 1. The summed E-state index contributed by atoms with van der Waals surface area (Å²) >= 11 is 0. The van der Waals surface area contributed by atoms with Gasteiger partial charge in [-0.05, 0) is 18.2 Å². The Bertz CT molecular complexity index is 331. The van der Waals surface area contributed by atoms with Crippen LogP contribution in [0.4, 0.5) is 8.78 Å². The number of aliphatic hydroxyl groups excluding tert-OH is 1. The zero-order chi connectivity index (χ0) is 11.4. The van der Waals surface area contributed by atoms with Gasteiger partial charge in [0.25, 0.3) is 6.43 Å². The van der Waals surface area contributed by atoms with Crippen molar-refractivity contribution in [2.24, 2.45) is 5.73 Å². The zero-order valence-corrected chi connectivity index (χ0v) is 8.28. The summed E-state index contributed by atoms with van der Waals surface area (Å²) in [6.45, 7) is -0.316. The molecule has 0 aliphatic heterocycles. The number of alkyl halides is 2. The molecule has 0 spiro atoms. The van der Waals surface area contributed by atoms with Crippen LogP contribution in [0.1, 0.15) is 23.6 Å². The Labute approximate surface area is 86.5 Å². The smallest absolute Gasteiger partial charge is 0.263 e. The molecule has 0 amide bonds. The van der Waals surface area contributed by atoms with Crippen molar-refractivity contribution in [3.63, 3.8) is 0 Å². The van der Waals surface area contributed by atoms with Crippen LogP contribution in [-0.4, -0.2) is 18.8 Å². The van der Waals surface area contributed by atoms with Gasteiger partial charge >= 0.3 is 0 Å². The first kappa shape index (κ1) is 11.9. The van der Waals surface area contributed by atoms with Crippen molar-refractivity contribution in [1.29, 1.82) is 0 Å². The molecule has 0 bridgehead atoms. The van der Waals surface area contributed by atoms with E-state index in [-0.39, 0.29) is 12.2 Å². The molecule has 0 saturated carbocycles. The number of methoxy groups -OCH3 is 1. The molecule has 0 aliphatic carbocycles. The highest BCUT2D eigenvalue weighted by atomic mass is 19.3. The standard InChI is InChI=1S/C10H13F2NO2/c1-15-9-3-2-6(10(11)12)4-7(9)8(13)5-14/h2-4,8,10,14H,5,13H2,1H3. The molecular formula is C10H13F2NO2. The Hall–Kier alpha value is -1.20. The van der Waals surface area contributed by atoms with E-state index in [1.807, 2.05) is 0 Å². The van der Waals surface area contributed by atoms with Crippen molar-refractivity contribution in [3.8, 4) is 5.75 Å². The first-order valence-corrected chi connectivity index (χ1v) is 4.42. The lowest BCUT2D eigenvalue weighted by Crippen LogP contribution is -2.15. The van der Waals surface area contributed by atoms with Gasteiger partial charge in [-0.3, -0.25) is 0 Å². The summed E-state index contributed by atoms with van der Waals surface area (Å²) in [7, 11) is 1.42. The molecule has 1 rings (SSSR count). The van der Waals surface area contributed by atoms with Crippen molar-refractivity contribution in [1.82, 2.24) is 0 Å². The molecule has 5 heteroatoms. The average molecular weight is 217 g/mol. The van der Waals surface area contributed by atoms with Crippen molar-refractivity contribution in [2.45, 2.75) is 12.5 Å². The molecule has 1 atom stereocenters. The predicted octanol–water partition coefficient (Wildman–Crippen LogP) is 1.62. The van der Waals surface area contributed by atoms with E-state index < -0.39 is 12.5 Å². The highest BCUT2D eigenvalue weighted by molar-refractivity contribution is 5.39. The Balaban J connectivity index is 3.13. The normalized spacial score (nSPS) is 12.9. The van der Waals surface area contributed by atoms with Gasteiger partial charge in [-0.15, -0.1) is 0 Å². The van der Waals surface area contributed by atoms with Crippen LogP contribution >= 0.6 is 0 Å². The van der Waals surface area contributed by atoms with Gasteiger partial charge in [-0.1, -0.05) is 0 Å². The highest BCUT2D eigenvalue weighted by Gasteiger charge is 2.15. The van der Waals surface area contributed by atoms with E-state index in [0.29, 0.717) is 11.3 Å². The second kappa shape index (κ2) is 5.04. The predicted molar refractivity (Wildman–Crippen MR) is 52.0 cm³/mol. The highest BCUT2D eigenvalue weighted by Crippen LogP contribution is 2.29. The molecule has 1 aromatic carbocycles. The second-order valence-corrected chi connectivity index (χ2v) is 3.09. The zero-order valence-electron chi connectivity index (χ0n) is 8.28. The van der Waals surface area contributed by atoms with Crippen LogP contribution in [0.3, 0.4) is 0 Å². The first-order chi connectivity index (χ1) is 7.10. The van der Waals surface area contributed by atoms with Crippen molar-refractivity contribution >= 4 is 0 Å². The molecule has 0 aliphatic rings. The summed E-state index contributed by atoms with van der Waals surface area (Å²) in [5, 5.41) is 8.87. The van der Waals surface area contributed by atoms with Gasteiger partial charge in [-0.2, -0.15) is 0 Å². The molecular weight excluding hydrogens is 204 g/mol. The number of hydrogen-bond acceptors (Lipinski definition) is 3. The summed E-state index contributed by atoms with van der Waals surface area (Å²) in [5.41, 5.74) is 5.82. The maximum atomic E-state index is 12.4. The van der Waals surface area contributed by atoms with Crippen molar-refractivity contribution in [3.05, 3.63) is 29.3 Å². The Morgan fingerprint density at radius 1 is 1.47 bits per heavy atom. The third-order valence-electron chi connectivity index (χ3n) is 2.10. The summed E-state index contributed by atoms with van der Waals surface area (Å²) in [5.74, 6) is 0.404. The van der Waals surface area contributed by atoms with Gasteiger partial charge in [0.1, 0.15) is 5.75 Å². The van der Waals surface area contributed by atoms with Crippen LogP contribution in [0.2, 0.25) is 0 Å². The lowest BCUT2D eigenvalue weighted by Gasteiger charge is -2.14. The minimum Gasteiger partial charge on any atom is -0.496 e. The second-order valence-electron chi connectivity index (χ2n) is 3.09. The van der Waals surface area contributed by atoms with Gasteiger partial charge < -0.3 is 15.6 Å². The van der Waals surface area contributed by atoms with Crippen LogP contribution in [-0.2, 0) is 0 Å². The number of nitrogens with two attached hydrogens (primary N) is 1. The molecule has 84 valence electrons. The molecule has 0 saturated heterocycles. The molecule has 0 aromatic heterocycles. The SMILES string of the molecule is COc1ccc(C(F)F)cc1C(N)CO. The maximum absolute atomic E-state index is 12.4. The molecule has 1 unspecified atom stereocenters. The van der Waals surface area contributed by atoms with E-state index in [0.717, 1.165) is 0 Å². The molecule has 1 aromatic rings. The van der Waals surface area contributed by atoms with E-state index in [1.165, 1.54) is 25.3 Å². The van der Waals surface area contributed by atoms with Crippen LogP contribution in [0.25, 0.3) is 0 Å². The van der Waals surface area contributed by atoms with E-state index >= 15 is 0 Å². The van der Waals surface area contributed by atoms with Crippen LogP contribution < -0.4 is 10.5 Å². The number of hydrogen-bond donors (Lipinski definition) is 2. The third kappa shape index (κ3) is 2.64. The average Bonchev–Trinajstić information content (AvgIpc) is 2.27. The first-order valence-electron chi connectivity index (χ1n) is 4.42. The fraction of sp³-hybridized carbons (Fsp3) is 0.400. The van der Waals surface area contributed by atoms with Gasteiger partial charge in [0.2, 0.25) is 0 Å². The molecule has 0 radical (unpaired) electrons. The van der Waals surface area contributed by atoms with Crippen LogP contribution in [0.15, 0.2) is 18.2 Å². The van der Waals surface area contributed by atoms with Crippen molar-refractivity contribution in [2.75, 3.05) is 13.7 Å². The van der Waals surface area contributed by atoms with E-state index in [1.54, 1.807) is 0 Å². The number of rotatable bonds is 4. The molecule has 3 N–H and O–H groups in total. The Kier molecular flexibility index (Phi) is 3.99. The van der Waals surface area contributed by atoms with E-state index in [4.69, 9.17) is 15.6 Å². The third-order valence-corrected chi connectivity index (χ3v) is 2.10. The van der Waals surface area contributed by atoms with E-state index in [9.17, 15) is 8.78 Å². The summed E-state index contributed by atoms with van der Waals surface area (Å²) in [4.78, 5) is 0. The summed E-state index contributed by atoms with van der Waals surface area (Å²) in [6, 6.07) is 3.24. The van der Waals surface area contributed by atoms with Crippen LogP contribution in [0.5, 0.6) is 5.75 Å². The fourth-order valence-electron chi connectivity index (χ4n) is 1.28. The number of halogens is 2. The Morgan fingerprint density at radius 2 is 2.13 bits per heavy atom. The Morgan fingerprint density at radius 3 is 2.60 bits per heavy atom. The van der Waals surface area contributed by atoms with Gasteiger partial charge in [0.05, 0.1) is 19.8 Å². The van der Waals surface area contributed by atoms with Crippen LogP contribution in [0, 0.1) is 0 Å². The topological polar surface area (TPSA) is 55.5 Å². The largest absolute Gasteiger partial charge is 0.496 e. The number of benzene rings is 1. The lowest BCUT2D eigenvalue weighted by molar-refractivity contribution is 0.151. The van der Waals surface area contributed by atoms with E-state index in [2.05, 4.69) is 0 Å². The molecule has 0 heterocycles. The van der Waals surface area contributed by atoms with Gasteiger partial charge in [-0.25, -0.2) is 8.78 Å². The monoisotopic (exact) mass is 217 g/mol. The lowest BCUT2D eigenvalue weighted by atomic mass is 10.0. The minimum absolute atomic E-state index is 0.130. The molecule has 15 heavy (non-hydrogen) atoms. The van der Waals surface area contributed by atoms with Crippen molar-refractivity contribution < 1.29 is 18.6 Å². The molecule has 3 nitrogen and oxygen atoms in total. The van der Waals surface area contributed by atoms with Gasteiger partial charge in [0.15, 0.2) is 0 Å². The maximum Gasteiger partial charge on any atom is 0.263 e. The molecule has 0 fully saturated rings.